The van der Waals surface area contributed by atoms with Gasteiger partial charge in [0.25, 0.3) is 0 Å². The number of hydrogen-bond donors (Lipinski definition) is 1. The second-order valence-electron chi connectivity index (χ2n) is 6.32. The first-order valence-electron chi connectivity index (χ1n) is 8.54. The Balaban J connectivity index is 1.52. The minimum absolute atomic E-state index is 0.504. The van der Waals surface area contributed by atoms with Crippen LogP contribution in [0.15, 0.2) is 71.4 Å². The highest BCUT2D eigenvalue weighted by Crippen LogP contribution is 2.35. The fourth-order valence-corrected chi connectivity index (χ4v) is 4.31. The smallest absolute Gasteiger partial charge is 0.0555 e. The predicted molar refractivity (Wildman–Crippen MR) is 104 cm³/mol. The molecule has 1 aromatic heterocycles. The van der Waals surface area contributed by atoms with Crippen LogP contribution < -0.4 is 10.2 Å². The van der Waals surface area contributed by atoms with Gasteiger partial charge in [0.1, 0.15) is 0 Å². The first-order chi connectivity index (χ1) is 11.9. The largest absolute Gasteiger partial charge is 0.368 e. The van der Waals surface area contributed by atoms with Crippen molar-refractivity contribution >= 4 is 17.0 Å². The summed E-state index contributed by atoms with van der Waals surface area (Å²) in [5.41, 5.74) is 5.46. The van der Waals surface area contributed by atoms with E-state index in [9.17, 15) is 0 Å². The van der Waals surface area contributed by atoms with Crippen LogP contribution in [-0.4, -0.2) is 25.7 Å². The Bertz CT molecular complexity index is 767. The fraction of sp³-hybridized carbons (Fsp3) is 0.238. The molecule has 4 rings (SSSR count). The van der Waals surface area contributed by atoms with E-state index in [2.05, 4.69) is 81.6 Å². The molecule has 1 atom stereocenters. The van der Waals surface area contributed by atoms with Crippen LogP contribution in [0.5, 0.6) is 0 Å². The maximum atomic E-state index is 3.68. The van der Waals surface area contributed by atoms with Crippen molar-refractivity contribution in [3.05, 3.63) is 77.0 Å². The van der Waals surface area contributed by atoms with Crippen LogP contribution in [0.3, 0.4) is 0 Å². The zero-order valence-electron chi connectivity index (χ0n) is 13.7. The Labute approximate surface area is 147 Å². The summed E-state index contributed by atoms with van der Waals surface area (Å²) in [6, 6.07) is 22.0. The molecule has 1 unspecified atom stereocenters. The Morgan fingerprint density at radius 2 is 1.71 bits per heavy atom. The van der Waals surface area contributed by atoms with E-state index in [1.165, 1.54) is 22.4 Å². The molecule has 1 aliphatic rings. The number of piperazine rings is 1. The molecule has 0 saturated carbocycles. The number of nitrogens with one attached hydrogen (secondary N) is 1. The molecule has 3 aromatic rings. The third kappa shape index (κ3) is 3.37. The van der Waals surface area contributed by atoms with Crippen molar-refractivity contribution in [2.45, 2.75) is 12.5 Å². The summed E-state index contributed by atoms with van der Waals surface area (Å²) in [7, 11) is 0. The highest BCUT2D eigenvalue weighted by Gasteiger charge is 2.22. The summed E-state index contributed by atoms with van der Waals surface area (Å²) in [6.45, 7) is 3.18. The van der Waals surface area contributed by atoms with E-state index in [0.29, 0.717) is 6.04 Å². The molecule has 3 heteroatoms. The van der Waals surface area contributed by atoms with E-state index < -0.39 is 0 Å². The van der Waals surface area contributed by atoms with Crippen molar-refractivity contribution in [2.75, 3.05) is 24.5 Å². The topological polar surface area (TPSA) is 15.3 Å². The summed E-state index contributed by atoms with van der Waals surface area (Å²) in [4.78, 5) is 2.54. The molecule has 0 aliphatic carbocycles. The van der Waals surface area contributed by atoms with Crippen LogP contribution in [0.4, 0.5) is 5.69 Å². The third-order valence-electron chi connectivity index (χ3n) is 4.65. The van der Waals surface area contributed by atoms with Crippen LogP contribution >= 0.6 is 11.3 Å². The monoisotopic (exact) mass is 334 g/mol. The van der Waals surface area contributed by atoms with Crippen LogP contribution in [0.25, 0.3) is 11.1 Å². The van der Waals surface area contributed by atoms with Crippen LogP contribution in [-0.2, 0) is 6.42 Å². The van der Waals surface area contributed by atoms with E-state index in [-0.39, 0.29) is 0 Å². The second kappa shape index (κ2) is 7.20. The molecule has 0 amide bonds. The van der Waals surface area contributed by atoms with E-state index in [0.717, 1.165) is 26.1 Å². The predicted octanol–water partition coefficient (Wildman–Crippen LogP) is 4.44. The summed E-state index contributed by atoms with van der Waals surface area (Å²) in [5, 5.41) is 8.26. The van der Waals surface area contributed by atoms with E-state index in [1.807, 2.05) is 0 Å². The van der Waals surface area contributed by atoms with Gasteiger partial charge in [0.05, 0.1) is 5.69 Å². The van der Waals surface area contributed by atoms with Crippen molar-refractivity contribution < 1.29 is 0 Å². The molecule has 1 aliphatic heterocycles. The number of hydrogen-bond acceptors (Lipinski definition) is 3. The lowest BCUT2D eigenvalue weighted by Gasteiger charge is -2.35. The van der Waals surface area contributed by atoms with Gasteiger partial charge in [0.15, 0.2) is 0 Å². The normalized spacial score (nSPS) is 17.8. The van der Waals surface area contributed by atoms with Crippen LogP contribution in [0.1, 0.15) is 5.56 Å². The Hall–Kier alpha value is -2.10. The summed E-state index contributed by atoms with van der Waals surface area (Å²) >= 11 is 1.80. The SMILES string of the molecule is c1ccc(CC2CN(c3cscc3-c3ccccc3)CCN2)cc1. The summed E-state index contributed by atoms with van der Waals surface area (Å²) in [5.74, 6) is 0. The number of anilines is 1. The molecule has 1 N–H and O–H groups in total. The van der Waals surface area contributed by atoms with E-state index >= 15 is 0 Å². The molecule has 2 nitrogen and oxygen atoms in total. The third-order valence-corrected chi connectivity index (χ3v) is 5.38. The molecule has 122 valence electrons. The number of benzene rings is 2. The second-order valence-corrected chi connectivity index (χ2v) is 7.07. The van der Waals surface area contributed by atoms with Crippen molar-refractivity contribution in [1.82, 2.24) is 5.32 Å². The van der Waals surface area contributed by atoms with Gasteiger partial charge >= 0.3 is 0 Å². The van der Waals surface area contributed by atoms with Gasteiger partial charge in [-0.2, -0.15) is 0 Å². The molecule has 0 bridgehead atoms. The number of rotatable bonds is 4. The first-order valence-corrected chi connectivity index (χ1v) is 9.48. The lowest BCUT2D eigenvalue weighted by atomic mass is 10.0. The van der Waals surface area contributed by atoms with Crippen molar-refractivity contribution in [2.24, 2.45) is 0 Å². The lowest BCUT2D eigenvalue weighted by Crippen LogP contribution is -2.51. The minimum Gasteiger partial charge on any atom is -0.368 e. The van der Waals surface area contributed by atoms with Gasteiger partial charge in [-0.25, -0.2) is 0 Å². The number of thiophene rings is 1. The quantitative estimate of drug-likeness (QED) is 0.759. The van der Waals surface area contributed by atoms with Gasteiger partial charge in [-0.15, -0.1) is 11.3 Å². The minimum atomic E-state index is 0.504. The average molecular weight is 334 g/mol. The first kappa shape index (κ1) is 15.4. The maximum Gasteiger partial charge on any atom is 0.0555 e. The molecule has 0 radical (unpaired) electrons. The molecule has 2 aromatic carbocycles. The van der Waals surface area contributed by atoms with E-state index in [1.54, 1.807) is 11.3 Å². The van der Waals surface area contributed by atoms with Gasteiger partial charge in [-0.05, 0) is 17.5 Å². The molecule has 0 spiro atoms. The molecule has 2 heterocycles. The molecule has 1 fully saturated rings. The van der Waals surface area contributed by atoms with Crippen molar-refractivity contribution in [3.63, 3.8) is 0 Å². The zero-order valence-corrected chi connectivity index (χ0v) is 14.5. The highest BCUT2D eigenvalue weighted by molar-refractivity contribution is 7.08. The van der Waals surface area contributed by atoms with Crippen molar-refractivity contribution in [3.8, 4) is 11.1 Å². The van der Waals surface area contributed by atoms with Gasteiger partial charge in [-0.1, -0.05) is 60.7 Å². The Morgan fingerprint density at radius 1 is 0.958 bits per heavy atom. The molecule has 24 heavy (non-hydrogen) atoms. The number of nitrogens with zero attached hydrogens (tertiary/aromatic N) is 1. The Morgan fingerprint density at radius 3 is 2.50 bits per heavy atom. The molecular weight excluding hydrogens is 312 g/mol. The van der Waals surface area contributed by atoms with Crippen LogP contribution in [0, 0.1) is 0 Å². The van der Waals surface area contributed by atoms with Gasteiger partial charge in [0.2, 0.25) is 0 Å². The zero-order chi connectivity index (χ0) is 16.2. The van der Waals surface area contributed by atoms with Crippen molar-refractivity contribution in [1.29, 1.82) is 0 Å². The maximum absolute atomic E-state index is 3.68. The van der Waals surface area contributed by atoms with Gasteiger partial charge < -0.3 is 10.2 Å². The summed E-state index contributed by atoms with van der Waals surface area (Å²) in [6.07, 6.45) is 1.09. The molecular formula is C21H22N2S. The Kier molecular flexibility index (Phi) is 4.63. The van der Waals surface area contributed by atoms with Gasteiger partial charge in [0, 0.05) is 42.0 Å². The molecule has 1 saturated heterocycles. The van der Waals surface area contributed by atoms with E-state index in [4.69, 9.17) is 0 Å². The summed E-state index contributed by atoms with van der Waals surface area (Å²) < 4.78 is 0. The average Bonchev–Trinajstić information content (AvgIpc) is 3.13. The lowest BCUT2D eigenvalue weighted by molar-refractivity contribution is 0.455. The van der Waals surface area contributed by atoms with Gasteiger partial charge in [-0.3, -0.25) is 0 Å². The fourth-order valence-electron chi connectivity index (χ4n) is 3.45. The standard InChI is InChI=1S/C21H22N2S/c1-3-7-17(8-4-1)13-19-14-23(12-11-22-19)21-16-24-15-20(21)18-9-5-2-6-10-18/h1-10,15-16,19,22H,11-14H2. The van der Waals surface area contributed by atoms with Crippen LogP contribution in [0.2, 0.25) is 0 Å². The highest BCUT2D eigenvalue weighted by atomic mass is 32.1.